The Morgan fingerprint density at radius 3 is 2.97 bits per heavy atom. The van der Waals surface area contributed by atoms with Crippen LogP contribution in [0.1, 0.15) is 44.3 Å². The second kappa shape index (κ2) is 8.57. The molecule has 1 unspecified atom stereocenters. The van der Waals surface area contributed by atoms with E-state index in [0.717, 1.165) is 30.6 Å². The van der Waals surface area contributed by atoms with E-state index >= 15 is 0 Å². The van der Waals surface area contributed by atoms with E-state index in [-0.39, 0.29) is 23.8 Å². The standard InChI is InChI=1S/C23H25FN6O2/c1-2-19(31)29-11-3-4-17(14-29)26-22-25-10-9-18(27-22)21-20(15-5-7-16(24)8-6-15)28-23-30(21)12-13-32-23/h5-8,10,12-13,17-18H,2-4,9,11,14H2,1H3,(H,26,27)/t17-,18?/m1/s1. The molecule has 5 rings (SSSR count). The van der Waals surface area contributed by atoms with Gasteiger partial charge in [0.1, 0.15) is 18.1 Å². The van der Waals surface area contributed by atoms with E-state index in [2.05, 4.69) is 15.3 Å². The quantitative estimate of drug-likeness (QED) is 0.677. The van der Waals surface area contributed by atoms with Crippen molar-refractivity contribution >= 4 is 23.9 Å². The van der Waals surface area contributed by atoms with Crippen LogP contribution in [-0.2, 0) is 4.79 Å². The number of fused-ring (bicyclic) bond motifs is 1. The van der Waals surface area contributed by atoms with Crippen LogP contribution < -0.4 is 5.32 Å². The van der Waals surface area contributed by atoms with Crippen molar-refractivity contribution in [1.29, 1.82) is 0 Å². The summed E-state index contributed by atoms with van der Waals surface area (Å²) >= 11 is 0. The molecule has 1 aromatic carbocycles. The van der Waals surface area contributed by atoms with E-state index in [1.165, 1.54) is 12.1 Å². The summed E-state index contributed by atoms with van der Waals surface area (Å²) in [6.07, 6.45) is 8.30. The van der Waals surface area contributed by atoms with E-state index in [4.69, 9.17) is 9.41 Å². The number of amides is 1. The van der Waals surface area contributed by atoms with Crippen LogP contribution in [0.15, 0.2) is 51.1 Å². The number of rotatable bonds is 4. The summed E-state index contributed by atoms with van der Waals surface area (Å²) in [6.45, 7) is 3.35. The first-order valence-corrected chi connectivity index (χ1v) is 11.0. The van der Waals surface area contributed by atoms with Gasteiger partial charge in [0.15, 0.2) is 0 Å². The number of piperidine rings is 1. The van der Waals surface area contributed by atoms with Gasteiger partial charge in [-0.2, -0.15) is 4.98 Å². The average Bonchev–Trinajstić information content (AvgIpc) is 3.41. The van der Waals surface area contributed by atoms with E-state index in [1.54, 1.807) is 18.4 Å². The SMILES string of the molecule is CCC(=O)N1CCC[C@@H](NC2=NC(c3c(-c4ccc(F)cc4)nc4occn34)CC=N2)C1. The Kier molecular flexibility index (Phi) is 5.46. The molecule has 2 atom stereocenters. The zero-order valence-electron chi connectivity index (χ0n) is 17.9. The molecule has 166 valence electrons. The van der Waals surface area contributed by atoms with Gasteiger partial charge in [-0.1, -0.05) is 6.92 Å². The predicted octanol–water partition coefficient (Wildman–Crippen LogP) is 3.60. The van der Waals surface area contributed by atoms with Crippen LogP contribution in [0.2, 0.25) is 0 Å². The van der Waals surface area contributed by atoms with Crippen molar-refractivity contribution in [3.8, 4) is 11.3 Å². The molecule has 0 aliphatic carbocycles. The van der Waals surface area contributed by atoms with Crippen LogP contribution in [0.5, 0.6) is 0 Å². The number of aromatic nitrogens is 2. The van der Waals surface area contributed by atoms with Crippen LogP contribution in [-0.4, -0.2) is 51.5 Å². The molecule has 2 aliphatic rings. The van der Waals surface area contributed by atoms with Crippen LogP contribution in [0.25, 0.3) is 17.1 Å². The third kappa shape index (κ3) is 3.90. The highest BCUT2D eigenvalue weighted by Gasteiger charge is 2.27. The largest absolute Gasteiger partial charge is 0.432 e. The van der Waals surface area contributed by atoms with Crippen molar-refractivity contribution in [2.45, 2.75) is 44.7 Å². The number of likely N-dealkylation sites (tertiary alicyclic amines) is 1. The van der Waals surface area contributed by atoms with E-state index in [1.807, 2.05) is 28.6 Å². The van der Waals surface area contributed by atoms with Gasteiger partial charge < -0.3 is 14.6 Å². The Hall–Kier alpha value is -3.49. The Morgan fingerprint density at radius 2 is 2.16 bits per heavy atom. The molecule has 1 amide bonds. The number of hydrogen-bond donors (Lipinski definition) is 1. The first-order valence-electron chi connectivity index (χ1n) is 11.0. The number of carbonyl (C=O) groups is 1. The fourth-order valence-electron chi connectivity index (χ4n) is 4.39. The number of nitrogens with one attached hydrogen (secondary N) is 1. The minimum atomic E-state index is -0.296. The minimum absolute atomic E-state index is 0.116. The van der Waals surface area contributed by atoms with E-state index in [9.17, 15) is 9.18 Å². The summed E-state index contributed by atoms with van der Waals surface area (Å²) in [4.78, 5) is 28.0. The highest BCUT2D eigenvalue weighted by atomic mass is 19.1. The van der Waals surface area contributed by atoms with Gasteiger partial charge in [-0.15, -0.1) is 0 Å². The lowest BCUT2D eigenvalue weighted by Gasteiger charge is -2.33. The summed E-state index contributed by atoms with van der Waals surface area (Å²) in [7, 11) is 0. The molecular weight excluding hydrogens is 411 g/mol. The zero-order chi connectivity index (χ0) is 22.1. The van der Waals surface area contributed by atoms with Gasteiger partial charge in [-0.25, -0.2) is 14.4 Å². The molecule has 3 aromatic rings. The summed E-state index contributed by atoms with van der Waals surface area (Å²) in [5.41, 5.74) is 2.39. The Bertz CT molecular complexity index is 1180. The van der Waals surface area contributed by atoms with Gasteiger partial charge in [0.25, 0.3) is 0 Å². The Balaban J connectivity index is 1.42. The maximum Gasteiger partial charge on any atom is 0.306 e. The number of carbonyl (C=O) groups excluding carboxylic acids is 1. The fourth-order valence-corrected chi connectivity index (χ4v) is 4.39. The first kappa shape index (κ1) is 20.4. The number of imidazole rings is 1. The third-order valence-corrected chi connectivity index (χ3v) is 5.96. The van der Waals surface area contributed by atoms with Crippen molar-refractivity contribution < 1.29 is 13.6 Å². The van der Waals surface area contributed by atoms with Gasteiger partial charge in [0, 0.05) is 49.9 Å². The molecule has 2 aliphatic heterocycles. The lowest BCUT2D eigenvalue weighted by Crippen LogP contribution is -2.49. The second-order valence-electron chi connectivity index (χ2n) is 8.10. The van der Waals surface area contributed by atoms with Crippen LogP contribution in [0.4, 0.5) is 4.39 Å². The Morgan fingerprint density at radius 1 is 1.31 bits per heavy atom. The summed E-state index contributed by atoms with van der Waals surface area (Å²) < 4.78 is 20.9. The maximum atomic E-state index is 13.5. The first-order chi connectivity index (χ1) is 15.6. The van der Waals surface area contributed by atoms with Crippen LogP contribution in [0, 0.1) is 5.82 Å². The number of oxazole rings is 1. The Labute approximate surface area is 184 Å². The smallest absolute Gasteiger partial charge is 0.306 e. The second-order valence-corrected chi connectivity index (χ2v) is 8.10. The zero-order valence-corrected chi connectivity index (χ0v) is 17.9. The van der Waals surface area contributed by atoms with Crippen molar-refractivity contribution in [3.63, 3.8) is 0 Å². The summed E-state index contributed by atoms with van der Waals surface area (Å²) in [6, 6.07) is 6.16. The van der Waals surface area contributed by atoms with Crippen molar-refractivity contribution in [3.05, 3.63) is 48.2 Å². The van der Waals surface area contributed by atoms with Gasteiger partial charge in [-0.05, 0) is 37.1 Å². The molecule has 4 heterocycles. The number of nitrogens with zero attached hydrogens (tertiary/aromatic N) is 5. The van der Waals surface area contributed by atoms with E-state index < -0.39 is 0 Å². The minimum Gasteiger partial charge on any atom is -0.432 e. The van der Waals surface area contributed by atoms with Crippen molar-refractivity contribution in [2.75, 3.05) is 13.1 Å². The molecule has 0 bridgehead atoms. The topological polar surface area (TPSA) is 87.5 Å². The van der Waals surface area contributed by atoms with Crippen LogP contribution in [0.3, 0.4) is 0 Å². The van der Waals surface area contributed by atoms with Gasteiger partial charge in [0.2, 0.25) is 11.9 Å². The molecule has 8 nitrogen and oxygen atoms in total. The molecule has 0 radical (unpaired) electrons. The molecule has 0 spiro atoms. The molecule has 1 N–H and O–H groups in total. The summed E-state index contributed by atoms with van der Waals surface area (Å²) in [5.74, 6) is 0.901. The number of aliphatic imine (C=N–C) groups is 2. The number of hydrogen-bond acceptors (Lipinski definition) is 6. The van der Waals surface area contributed by atoms with Crippen molar-refractivity contribution in [1.82, 2.24) is 19.6 Å². The lowest BCUT2D eigenvalue weighted by molar-refractivity contribution is -0.132. The normalized spacial score (nSPS) is 21.1. The lowest BCUT2D eigenvalue weighted by atomic mass is 10.0. The summed E-state index contributed by atoms with van der Waals surface area (Å²) in [5, 5.41) is 3.42. The van der Waals surface area contributed by atoms with Crippen molar-refractivity contribution in [2.24, 2.45) is 9.98 Å². The van der Waals surface area contributed by atoms with Gasteiger partial charge >= 0.3 is 5.84 Å². The number of guanidine groups is 1. The molecule has 0 saturated carbocycles. The average molecular weight is 436 g/mol. The highest BCUT2D eigenvalue weighted by molar-refractivity contribution is 5.90. The molecule has 2 aromatic heterocycles. The van der Waals surface area contributed by atoms with Crippen LogP contribution >= 0.6 is 0 Å². The monoisotopic (exact) mass is 436 g/mol. The molecule has 1 fully saturated rings. The van der Waals surface area contributed by atoms with E-state index in [0.29, 0.717) is 36.9 Å². The number of halogens is 1. The maximum absolute atomic E-state index is 13.5. The fraction of sp³-hybridized carbons (Fsp3) is 0.391. The third-order valence-electron chi connectivity index (χ3n) is 5.96. The molecule has 9 heteroatoms. The number of benzene rings is 1. The molecule has 32 heavy (non-hydrogen) atoms. The molecule has 1 saturated heterocycles. The molecular formula is C23H25FN6O2. The highest BCUT2D eigenvalue weighted by Crippen LogP contribution is 2.34. The van der Waals surface area contributed by atoms with Gasteiger partial charge in [-0.3, -0.25) is 9.20 Å². The predicted molar refractivity (Wildman–Crippen MR) is 119 cm³/mol. The van der Waals surface area contributed by atoms with Gasteiger partial charge in [0.05, 0.1) is 11.4 Å².